The van der Waals surface area contributed by atoms with Crippen LogP contribution < -0.4 is 5.32 Å². The number of thiophene rings is 1. The van der Waals surface area contributed by atoms with Gasteiger partial charge in [-0.3, -0.25) is 4.90 Å². The minimum absolute atomic E-state index is 0.0139. The summed E-state index contributed by atoms with van der Waals surface area (Å²) >= 11 is 1.67. The smallest absolute Gasteiger partial charge is 0.333 e. The van der Waals surface area contributed by atoms with Crippen LogP contribution in [0.5, 0.6) is 0 Å². The Hall–Kier alpha value is -2.37. The Morgan fingerprint density at radius 2 is 1.82 bits per heavy atom. The summed E-state index contributed by atoms with van der Waals surface area (Å²) in [6, 6.07) is 17.6. The Balaban J connectivity index is 1.44. The highest BCUT2D eigenvalue weighted by molar-refractivity contribution is 7.17. The van der Waals surface area contributed by atoms with Gasteiger partial charge in [0.2, 0.25) is 0 Å². The normalized spacial score (nSPS) is 24.8. The molecule has 4 heterocycles. The largest absolute Gasteiger partial charge is 0.459 e. The highest BCUT2D eigenvalue weighted by Gasteiger charge is 2.38. The molecule has 28 heavy (non-hydrogen) atoms. The number of anilines is 1. The molecule has 144 valence electrons. The van der Waals surface area contributed by atoms with Crippen molar-refractivity contribution in [1.82, 2.24) is 4.90 Å². The first kappa shape index (κ1) is 17.7. The predicted octanol–water partition coefficient (Wildman–Crippen LogP) is 4.69. The van der Waals surface area contributed by atoms with E-state index in [9.17, 15) is 4.79 Å². The molecule has 2 bridgehead atoms. The Labute approximate surface area is 169 Å². The minimum Gasteiger partial charge on any atom is -0.459 e. The Kier molecular flexibility index (Phi) is 4.79. The van der Waals surface area contributed by atoms with E-state index in [1.165, 1.54) is 4.70 Å². The van der Waals surface area contributed by atoms with Gasteiger partial charge >= 0.3 is 5.97 Å². The van der Waals surface area contributed by atoms with Crippen molar-refractivity contribution in [2.75, 3.05) is 25.0 Å². The van der Waals surface area contributed by atoms with Crippen LogP contribution in [-0.2, 0) is 9.53 Å². The number of rotatable bonds is 5. The molecule has 0 spiro atoms. The summed E-state index contributed by atoms with van der Waals surface area (Å²) in [5.41, 5.74) is 1.92. The van der Waals surface area contributed by atoms with Crippen molar-refractivity contribution in [1.29, 1.82) is 0 Å². The van der Waals surface area contributed by atoms with Gasteiger partial charge in [0, 0.05) is 22.5 Å². The number of hydrogen-bond acceptors (Lipinski definition) is 5. The number of nitrogens with zero attached hydrogens (tertiary/aromatic N) is 1. The molecule has 4 nitrogen and oxygen atoms in total. The second kappa shape index (κ2) is 7.57. The van der Waals surface area contributed by atoms with Gasteiger partial charge in [-0.2, -0.15) is 0 Å². The van der Waals surface area contributed by atoms with Gasteiger partial charge in [0.15, 0.2) is 6.04 Å². The summed E-state index contributed by atoms with van der Waals surface area (Å²) in [6.45, 7) is 3.15. The summed E-state index contributed by atoms with van der Waals surface area (Å²) in [5, 5.41) is 6.63. The predicted molar refractivity (Wildman–Crippen MR) is 114 cm³/mol. The molecule has 0 saturated carbocycles. The zero-order valence-electron chi connectivity index (χ0n) is 15.7. The average molecular weight is 393 g/mol. The third kappa shape index (κ3) is 3.40. The number of carbonyl (C=O) groups excluding carboxylic acids is 1. The van der Waals surface area contributed by atoms with Crippen molar-refractivity contribution in [3.63, 3.8) is 0 Å². The lowest BCUT2D eigenvalue weighted by atomic mass is 9.86. The maximum Gasteiger partial charge on any atom is 0.333 e. The SMILES string of the molecule is O=C(O[C@H]1CN2CCC1CC2)[C@H](Nc1ccccc1)c1csc2ccccc12. The zero-order valence-corrected chi connectivity index (χ0v) is 16.5. The lowest BCUT2D eigenvalue weighted by Crippen LogP contribution is -2.52. The number of esters is 1. The van der Waals surface area contributed by atoms with Gasteiger partial charge in [-0.25, -0.2) is 4.79 Å². The van der Waals surface area contributed by atoms with Crippen LogP contribution in [0, 0.1) is 5.92 Å². The highest BCUT2D eigenvalue weighted by atomic mass is 32.1. The Morgan fingerprint density at radius 1 is 1.07 bits per heavy atom. The molecule has 3 saturated heterocycles. The van der Waals surface area contributed by atoms with Crippen molar-refractivity contribution in [3.8, 4) is 0 Å². The van der Waals surface area contributed by atoms with E-state index in [0.717, 1.165) is 49.1 Å². The average Bonchev–Trinajstić information content (AvgIpc) is 3.17. The molecule has 0 amide bonds. The zero-order chi connectivity index (χ0) is 18.9. The maximum absolute atomic E-state index is 13.3. The molecule has 2 aromatic carbocycles. The van der Waals surface area contributed by atoms with Crippen LogP contribution in [0.25, 0.3) is 10.1 Å². The molecule has 0 unspecified atom stereocenters. The van der Waals surface area contributed by atoms with Gasteiger partial charge in [0.25, 0.3) is 0 Å². The standard InChI is InChI=1S/C23H24N2O2S/c26-23(27-20-14-25-12-10-16(20)11-13-25)22(24-17-6-2-1-3-7-17)19-15-28-21-9-5-4-8-18(19)21/h1-9,15-16,20,22,24H,10-14H2/t20-,22+/m0/s1. The van der Waals surface area contributed by atoms with Crippen LogP contribution in [0.2, 0.25) is 0 Å². The molecular formula is C23H24N2O2S. The molecule has 5 heteroatoms. The number of para-hydroxylation sites is 1. The fourth-order valence-electron chi connectivity index (χ4n) is 4.45. The number of ether oxygens (including phenoxy) is 1. The molecule has 3 fully saturated rings. The molecule has 6 rings (SSSR count). The van der Waals surface area contributed by atoms with E-state index in [4.69, 9.17) is 4.74 Å². The number of hydrogen-bond donors (Lipinski definition) is 1. The molecule has 1 N–H and O–H groups in total. The Morgan fingerprint density at radius 3 is 2.57 bits per heavy atom. The van der Waals surface area contributed by atoms with E-state index in [2.05, 4.69) is 27.7 Å². The van der Waals surface area contributed by atoms with Crippen LogP contribution in [-0.4, -0.2) is 36.6 Å². The van der Waals surface area contributed by atoms with E-state index in [1.54, 1.807) is 11.3 Å². The summed E-state index contributed by atoms with van der Waals surface area (Å²) in [7, 11) is 0. The summed E-state index contributed by atoms with van der Waals surface area (Å²) in [4.78, 5) is 15.7. The first-order valence-electron chi connectivity index (χ1n) is 9.98. The summed E-state index contributed by atoms with van der Waals surface area (Å²) in [6.07, 6.45) is 2.28. The molecule has 2 atom stereocenters. The van der Waals surface area contributed by atoms with Crippen molar-refractivity contribution in [2.24, 2.45) is 5.92 Å². The van der Waals surface area contributed by atoms with Crippen LogP contribution in [0.1, 0.15) is 24.4 Å². The number of nitrogens with one attached hydrogen (secondary N) is 1. The third-order valence-electron chi connectivity index (χ3n) is 6.01. The van der Waals surface area contributed by atoms with E-state index in [1.807, 2.05) is 42.5 Å². The van der Waals surface area contributed by atoms with Gasteiger partial charge in [0.05, 0.1) is 0 Å². The first-order valence-corrected chi connectivity index (χ1v) is 10.9. The lowest BCUT2D eigenvalue weighted by molar-refractivity contribution is -0.159. The van der Waals surface area contributed by atoms with E-state index in [0.29, 0.717) is 5.92 Å². The molecule has 3 aliphatic heterocycles. The molecule has 3 aromatic rings. The van der Waals surface area contributed by atoms with Crippen molar-refractivity contribution in [2.45, 2.75) is 25.0 Å². The molecule has 0 radical (unpaired) electrons. The minimum atomic E-state index is -0.506. The number of piperidine rings is 3. The van der Waals surface area contributed by atoms with Crippen molar-refractivity contribution < 1.29 is 9.53 Å². The lowest BCUT2D eigenvalue weighted by Gasteiger charge is -2.44. The van der Waals surface area contributed by atoms with Crippen LogP contribution in [0.3, 0.4) is 0 Å². The van der Waals surface area contributed by atoms with Crippen LogP contribution >= 0.6 is 11.3 Å². The van der Waals surface area contributed by atoms with Crippen molar-refractivity contribution >= 4 is 33.1 Å². The van der Waals surface area contributed by atoms with Gasteiger partial charge in [0.1, 0.15) is 6.10 Å². The van der Waals surface area contributed by atoms with Gasteiger partial charge in [-0.1, -0.05) is 36.4 Å². The van der Waals surface area contributed by atoms with Crippen molar-refractivity contribution in [3.05, 3.63) is 65.5 Å². The molecular weight excluding hydrogens is 368 g/mol. The number of fused-ring (bicyclic) bond motifs is 4. The van der Waals surface area contributed by atoms with Gasteiger partial charge < -0.3 is 10.1 Å². The molecule has 0 aliphatic carbocycles. The third-order valence-corrected chi connectivity index (χ3v) is 6.99. The first-order chi connectivity index (χ1) is 13.8. The molecule has 1 aromatic heterocycles. The van der Waals surface area contributed by atoms with E-state index < -0.39 is 6.04 Å². The second-order valence-corrected chi connectivity index (χ2v) is 8.66. The number of carbonyl (C=O) groups is 1. The highest BCUT2D eigenvalue weighted by Crippen LogP contribution is 2.35. The van der Waals surface area contributed by atoms with Gasteiger partial charge in [-0.15, -0.1) is 11.3 Å². The summed E-state index contributed by atoms with van der Waals surface area (Å²) < 4.78 is 7.28. The van der Waals surface area contributed by atoms with Crippen LogP contribution in [0.15, 0.2) is 60.0 Å². The van der Waals surface area contributed by atoms with E-state index in [-0.39, 0.29) is 12.1 Å². The number of benzene rings is 2. The fourth-order valence-corrected chi connectivity index (χ4v) is 5.44. The maximum atomic E-state index is 13.3. The topological polar surface area (TPSA) is 41.6 Å². The van der Waals surface area contributed by atoms with Gasteiger partial charge in [-0.05, 0) is 60.8 Å². The quantitative estimate of drug-likeness (QED) is 0.640. The van der Waals surface area contributed by atoms with E-state index >= 15 is 0 Å². The monoisotopic (exact) mass is 392 g/mol. The second-order valence-electron chi connectivity index (χ2n) is 7.74. The molecule has 3 aliphatic rings. The Bertz CT molecular complexity index is 963. The van der Waals surface area contributed by atoms with Crippen LogP contribution in [0.4, 0.5) is 5.69 Å². The fraction of sp³-hybridized carbons (Fsp3) is 0.348. The summed E-state index contributed by atoms with van der Waals surface area (Å²) in [5.74, 6) is 0.330.